The Morgan fingerprint density at radius 2 is 1.83 bits per heavy atom. The zero-order valence-electron chi connectivity index (χ0n) is 14.5. The van der Waals surface area contributed by atoms with Crippen molar-refractivity contribution < 1.29 is 23.7 Å². The minimum atomic E-state index is -0.277. The molecule has 3 atom stereocenters. The van der Waals surface area contributed by atoms with Gasteiger partial charge in [0.25, 0.3) is 0 Å². The fourth-order valence-electron chi connectivity index (χ4n) is 2.56. The summed E-state index contributed by atoms with van der Waals surface area (Å²) in [5, 5.41) is 0. The van der Waals surface area contributed by atoms with E-state index in [1.807, 2.05) is 37.3 Å². The summed E-state index contributed by atoms with van der Waals surface area (Å²) in [5.74, 6) is -0.201. The van der Waals surface area contributed by atoms with E-state index in [1.54, 1.807) is 7.11 Å². The molecule has 0 unspecified atom stereocenters. The summed E-state index contributed by atoms with van der Waals surface area (Å²) in [5.41, 5.74) is 1.07. The van der Waals surface area contributed by atoms with E-state index in [9.17, 15) is 4.79 Å². The molecule has 0 bridgehead atoms. The normalized spacial score (nSPS) is 15.0. The van der Waals surface area contributed by atoms with Crippen LogP contribution < -0.4 is 0 Å². The van der Waals surface area contributed by atoms with Crippen molar-refractivity contribution in [3.63, 3.8) is 0 Å². The van der Waals surface area contributed by atoms with Crippen LogP contribution in [0.5, 0.6) is 0 Å². The molecule has 1 aromatic rings. The van der Waals surface area contributed by atoms with Crippen LogP contribution in [0.2, 0.25) is 0 Å². The van der Waals surface area contributed by atoms with Crippen molar-refractivity contribution in [3.8, 4) is 0 Å². The van der Waals surface area contributed by atoms with E-state index < -0.39 is 0 Å². The lowest BCUT2D eigenvalue weighted by Crippen LogP contribution is -2.35. The SMILES string of the molecule is CC[C@@H]([C@H](CC(=O)OC)OCc1ccccc1)[C@@H](C)OCOC. The number of ether oxygens (including phenoxy) is 4. The van der Waals surface area contributed by atoms with Gasteiger partial charge in [-0.2, -0.15) is 0 Å². The monoisotopic (exact) mass is 324 g/mol. The minimum absolute atomic E-state index is 0.0768. The average Bonchev–Trinajstić information content (AvgIpc) is 2.58. The van der Waals surface area contributed by atoms with Gasteiger partial charge in [-0.25, -0.2) is 0 Å². The highest BCUT2D eigenvalue weighted by Crippen LogP contribution is 2.23. The predicted octanol–water partition coefficient (Wildman–Crippen LogP) is 3.17. The molecular formula is C18H28O5. The molecule has 0 N–H and O–H groups in total. The number of esters is 1. The summed E-state index contributed by atoms with van der Waals surface area (Å²) < 4.78 is 21.4. The summed E-state index contributed by atoms with van der Waals surface area (Å²) in [4.78, 5) is 11.7. The van der Waals surface area contributed by atoms with E-state index in [-0.39, 0.29) is 37.3 Å². The Kier molecular flexibility index (Phi) is 9.52. The summed E-state index contributed by atoms with van der Waals surface area (Å²) in [6.07, 6.45) is 0.703. The lowest BCUT2D eigenvalue weighted by Gasteiger charge is -2.30. The van der Waals surface area contributed by atoms with E-state index in [0.717, 1.165) is 12.0 Å². The van der Waals surface area contributed by atoms with Gasteiger partial charge in [0.1, 0.15) is 6.79 Å². The first kappa shape index (κ1) is 19.6. The van der Waals surface area contributed by atoms with Crippen LogP contribution in [0.4, 0.5) is 0 Å². The number of carbonyl (C=O) groups is 1. The van der Waals surface area contributed by atoms with Crippen LogP contribution in [0.3, 0.4) is 0 Å². The maximum atomic E-state index is 11.7. The van der Waals surface area contributed by atoms with Crippen molar-refractivity contribution in [3.05, 3.63) is 35.9 Å². The Morgan fingerprint density at radius 3 is 2.39 bits per heavy atom. The number of rotatable bonds is 11. The molecular weight excluding hydrogens is 296 g/mol. The molecule has 0 amide bonds. The molecule has 0 saturated heterocycles. The zero-order chi connectivity index (χ0) is 17.1. The van der Waals surface area contributed by atoms with Crippen molar-refractivity contribution in [1.29, 1.82) is 0 Å². The summed E-state index contributed by atoms with van der Waals surface area (Å²) in [6.45, 7) is 4.72. The van der Waals surface area contributed by atoms with Gasteiger partial charge in [-0.15, -0.1) is 0 Å². The Bertz CT molecular complexity index is 434. The topological polar surface area (TPSA) is 54.0 Å². The molecule has 5 nitrogen and oxygen atoms in total. The average molecular weight is 324 g/mol. The Hall–Kier alpha value is -1.43. The van der Waals surface area contributed by atoms with Gasteiger partial charge in [0.05, 0.1) is 32.3 Å². The van der Waals surface area contributed by atoms with E-state index >= 15 is 0 Å². The van der Waals surface area contributed by atoms with Gasteiger partial charge in [-0.3, -0.25) is 4.79 Å². The number of hydrogen-bond donors (Lipinski definition) is 0. The Labute approximate surface area is 138 Å². The maximum absolute atomic E-state index is 11.7. The molecule has 1 aromatic carbocycles. The van der Waals surface area contributed by atoms with E-state index in [4.69, 9.17) is 18.9 Å². The number of methoxy groups -OCH3 is 2. The van der Waals surface area contributed by atoms with Crippen molar-refractivity contribution in [2.24, 2.45) is 5.92 Å². The van der Waals surface area contributed by atoms with E-state index in [1.165, 1.54) is 7.11 Å². The van der Waals surface area contributed by atoms with Crippen molar-refractivity contribution >= 4 is 5.97 Å². The Balaban J connectivity index is 2.73. The smallest absolute Gasteiger partial charge is 0.308 e. The summed E-state index contributed by atoms with van der Waals surface area (Å²) >= 11 is 0. The zero-order valence-corrected chi connectivity index (χ0v) is 14.5. The third kappa shape index (κ3) is 7.12. The lowest BCUT2D eigenvalue weighted by atomic mass is 9.91. The fraction of sp³-hybridized carbons (Fsp3) is 0.611. The molecule has 0 fully saturated rings. The molecule has 5 heteroatoms. The third-order valence-electron chi connectivity index (χ3n) is 3.90. The molecule has 0 aliphatic heterocycles. The van der Waals surface area contributed by atoms with E-state index in [2.05, 4.69) is 6.92 Å². The minimum Gasteiger partial charge on any atom is -0.469 e. The largest absolute Gasteiger partial charge is 0.469 e. The van der Waals surface area contributed by atoms with Crippen molar-refractivity contribution in [2.75, 3.05) is 21.0 Å². The molecule has 1 rings (SSSR count). The second kappa shape index (κ2) is 11.2. The van der Waals surface area contributed by atoms with Gasteiger partial charge in [0.2, 0.25) is 0 Å². The van der Waals surface area contributed by atoms with E-state index in [0.29, 0.717) is 6.61 Å². The molecule has 23 heavy (non-hydrogen) atoms. The highest BCUT2D eigenvalue weighted by Gasteiger charge is 2.29. The first-order valence-corrected chi connectivity index (χ1v) is 7.95. The molecule has 0 saturated carbocycles. The summed E-state index contributed by atoms with van der Waals surface area (Å²) in [6, 6.07) is 9.90. The maximum Gasteiger partial charge on any atom is 0.308 e. The molecule has 0 aliphatic rings. The molecule has 0 spiro atoms. The number of benzene rings is 1. The quantitative estimate of drug-likeness (QED) is 0.462. The van der Waals surface area contributed by atoms with Gasteiger partial charge >= 0.3 is 5.97 Å². The van der Waals surface area contributed by atoms with Crippen molar-refractivity contribution in [2.45, 2.75) is 45.5 Å². The third-order valence-corrected chi connectivity index (χ3v) is 3.90. The number of carbonyl (C=O) groups excluding carboxylic acids is 1. The fourth-order valence-corrected chi connectivity index (χ4v) is 2.56. The van der Waals surface area contributed by atoms with Crippen LogP contribution in [0.1, 0.15) is 32.3 Å². The van der Waals surface area contributed by atoms with Crippen LogP contribution in [0.15, 0.2) is 30.3 Å². The standard InChI is InChI=1S/C18H28O5/c1-5-16(14(2)23-13-20-3)17(11-18(19)21-4)22-12-15-9-7-6-8-10-15/h6-10,14,16-17H,5,11-13H2,1-4H3/t14-,16-,17+/m1/s1. The van der Waals surface area contributed by atoms with Gasteiger partial charge in [0, 0.05) is 13.0 Å². The summed E-state index contributed by atoms with van der Waals surface area (Å²) in [7, 11) is 2.98. The Morgan fingerprint density at radius 1 is 1.13 bits per heavy atom. The highest BCUT2D eigenvalue weighted by atomic mass is 16.7. The predicted molar refractivity (Wildman–Crippen MR) is 87.9 cm³/mol. The van der Waals surface area contributed by atoms with Crippen LogP contribution in [0.25, 0.3) is 0 Å². The molecule has 0 radical (unpaired) electrons. The van der Waals surface area contributed by atoms with Gasteiger partial charge in [0.15, 0.2) is 0 Å². The first-order valence-electron chi connectivity index (χ1n) is 7.95. The van der Waals surface area contributed by atoms with Crippen LogP contribution in [-0.2, 0) is 30.3 Å². The van der Waals surface area contributed by atoms with Crippen molar-refractivity contribution in [1.82, 2.24) is 0 Å². The lowest BCUT2D eigenvalue weighted by molar-refractivity contribution is -0.150. The number of hydrogen-bond acceptors (Lipinski definition) is 5. The van der Waals surface area contributed by atoms with Gasteiger partial charge in [-0.05, 0) is 18.9 Å². The van der Waals surface area contributed by atoms with Crippen LogP contribution in [0, 0.1) is 5.92 Å². The van der Waals surface area contributed by atoms with Gasteiger partial charge in [-0.1, -0.05) is 37.3 Å². The van der Waals surface area contributed by atoms with Gasteiger partial charge < -0.3 is 18.9 Å². The molecule has 130 valence electrons. The second-order valence-electron chi connectivity index (χ2n) is 5.47. The van der Waals surface area contributed by atoms with Crippen LogP contribution >= 0.6 is 0 Å². The molecule has 0 heterocycles. The second-order valence-corrected chi connectivity index (χ2v) is 5.47. The first-order chi connectivity index (χ1) is 11.1. The highest BCUT2D eigenvalue weighted by molar-refractivity contribution is 5.69. The van der Waals surface area contributed by atoms with Crippen LogP contribution in [-0.4, -0.2) is 39.2 Å². The molecule has 0 aromatic heterocycles. The molecule has 0 aliphatic carbocycles.